The summed E-state index contributed by atoms with van der Waals surface area (Å²) in [7, 11) is 0. The lowest BCUT2D eigenvalue weighted by molar-refractivity contribution is -0.135. The zero-order chi connectivity index (χ0) is 12.8. The van der Waals surface area contributed by atoms with Crippen LogP contribution in [-0.2, 0) is 9.53 Å². The van der Waals surface area contributed by atoms with E-state index in [2.05, 4.69) is 29.9 Å². The van der Waals surface area contributed by atoms with Crippen LogP contribution in [0.5, 0.6) is 0 Å². The first kappa shape index (κ1) is 15.7. The smallest absolute Gasteiger partial charge is 0.307 e. The van der Waals surface area contributed by atoms with Gasteiger partial charge in [0, 0.05) is 6.92 Å². The third-order valence-corrected chi connectivity index (χ3v) is 2.20. The van der Waals surface area contributed by atoms with Gasteiger partial charge in [0.1, 0.15) is 0 Å². The highest BCUT2D eigenvalue weighted by molar-refractivity contribution is 5.66. The number of carbonyl (C=O) groups is 1. The number of ether oxygens (including phenoxy) is 1. The lowest BCUT2D eigenvalue weighted by Gasteiger charge is -1.94. The fourth-order valence-corrected chi connectivity index (χ4v) is 1.34. The summed E-state index contributed by atoms with van der Waals surface area (Å²) in [6, 6.07) is 0. The number of esters is 1. The fraction of sp³-hybridized carbons (Fsp3) is 0.533. The highest BCUT2D eigenvalue weighted by Gasteiger charge is 1.85. The number of hydrogen-bond acceptors (Lipinski definition) is 2. The first-order valence-electron chi connectivity index (χ1n) is 6.41. The van der Waals surface area contributed by atoms with Crippen molar-refractivity contribution in [2.75, 3.05) is 0 Å². The maximum absolute atomic E-state index is 10.4. The molecular formula is C15H24O2. The lowest BCUT2D eigenvalue weighted by Crippen LogP contribution is -1.88. The van der Waals surface area contributed by atoms with Gasteiger partial charge in [0.25, 0.3) is 0 Å². The second-order valence-electron chi connectivity index (χ2n) is 3.88. The van der Waals surface area contributed by atoms with Gasteiger partial charge in [-0.3, -0.25) is 4.79 Å². The molecule has 0 saturated carbocycles. The molecule has 0 aromatic heterocycles. The predicted octanol–water partition coefficient (Wildman–Crippen LogP) is 4.54. The fourth-order valence-electron chi connectivity index (χ4n) is 1.34. The third kappa shape index (κ3) is 14.7. The molecule has 2 nitrogen and oxygen atoms in total. The topological polar surface area (TPSA) is 26.3 Å². The Balaban J connectivity index is 3.27. The van der Waals surface area contributed by atoms with Crippen molar-refractivity contribution in [2.24, 2.45) is 0 Å². The highest BCUT2D eigenvalue weighted by atomic mass is 16.5. The van der Waals surface area contributed by atoms with Crippen LogP contribution in [0.15, 0.2) is 36.6 Å². The second-order valence-corrected chi connectivity index (χ2v) is 3.88. The van der Waals surface area contributed by atoms with E-state index in [4.69, 9.17) is 0 Å². The molecule has 0 aromatic carbocycles. The Morgan fingerprint density at radius 3 is 2.35 bits per heavy atom. The molecule has 96 valence electrons. The van der Waals surface area contributed by atoms with E-state index in [9.17, 15) is 4.79 Å². The van der Waals surface area contributed by atoms with Gasteiger partial charge in [0.2, 0.25) is 0 Å². The first-order valence-corrected chi connectivity index (χ1v) is 6.41. The van der Waals surface area contributed by atoms with Crippen molar-refractivity contribution >= 4 is 5.97 Å². The zero-order valence-corrected chi connectivity index (χ0v) is 11.0. The van der Waals surface area contributed by atoms with Crippen LogP contribution >= 0.6 is 0 Å². The molecule has 0 N–H and O–H groups in total. The van der Waals surface area contributed by atoms with Crippen LogP contribution in [0, 0.1) is 0 Å². The number of rotatable bonds is 9. The van der Waals surface area contributed by atoms with Crippen molar-refractivity contribution in [1.82, 2.24) is 0 Å². The van der Waals surface area contributed by atoms with E-state index in [1.54, 1.807) is 6.08 Å². The van der Waals surface area contributed by atoms with Gasteiger partial charge in [-0.05, 0) is 38.2 Å². The molecule has 0 unspecified atom stereocenters. The summed E-state index contributed by atoms with van der Waals surface area (Å²) in [5.74, 6) is -0.283. The van der Waals surface area contributed by atoms with Crippen LogP contribution in [0.2, 0.25) is 0 Å². The summed E-state index contributed by atoms with van der Waals surface area (Å²) >= 11 is 0. The van der Waals surface area contributed by atoms with Crippen molar-refractivity contribution in [1.29, 1.82) is 0 Å². The molecule has 17 heavy (non-hydrogen) atoms. The Kier molecular flexibility index (Phi) is 11.8. The van der Waals surface area contributed by atoms with Gasteiger partial charge in [0.15, 0.2) is 0 Å². The van der Waals surface area contributed by atoms with Gasteiger partial charge in [-0.1, -0.05) is 37.6 Å². The van der Waals surface area contributed by atoms with Crippen LogP contribution < -0.4 is 0 Å². The molecule has 0 aliphatic carbocycles. The highest BCUT2D eigenvalue weighted by Crippen LogP contribution is 2.04. The molecule has 2 heteroatoms. The maximum atomic E-state index is 10.4. The van der Waals surface area contributed by atoms with E-state index in [1.807, 2.05) is 6.08 Å². The van der Waals surface area contributed by atoms with E-state index in [0.29, 0.717) is 0 Å². The van der Waals surface area contributed by atoms with Gasteiger partial charge in [-0.2, -0.15) is 0 Å². The minimum atomic E-state index is -0.283. The number of allylic oxidation sites excluding steroid dienone is 5. The Hall–Kier alpha value is -1.31. The predicted molar refractivity (Wildman–Crippen MR) is 72.6 cm³/mol. The Morgan fingerprint density at radius 1 is 1.00 bits per heavy atom. The van der Waals surface area contributed by atoms with Crippen LogP contribution in [-0.4, -0.2) is 5.97 Å². The minimum absolute atomic E-state index is 0.283. The Bertz CT molecular complexity index is 262. The monoisotopic (exact) mass is 236 g/mol. The first-order chi connectivity index (χ1) is 8.27. The van der Waals surface area contributed by atoms with Gasteiger partial charge in [-0.15, -0.1) is 0 Å². The van der Waals surface area contributed by atoms with Crippen molar-refractivity contribution in [2.45, 2.75) is 52.4 Å². The van der Waals surface area contributed by atoms with Crippen LogP contribution in [0.4, 0.5) is 0 Å². The maximum Gasteiger partial charge on any atom is 0.307 e. The molecular weight excluding hydrogens is 212 g/mol. The van der Waals surface area contributed by atoms with E-state index in [-0.39, 0.29) is 5.97 Å². The van der Waals surface area contributed by atoms with Gasteiger partial charge >= 0.3 is 5.97 Å². The average Bonchev–Trinajstić information content (AvgIpc) is 2.30. The van der Waals surface area contributed by atoms with E-state index >= 15 is 0 Å². The molecule has 0 heterocycles. The van der Waals surface area contributed by atoms with E-state index in [0.717, 1.165) is 12.8 Å². The number of hydrogen-bond donors (Lipinski definition) is 0. The molecule has 0 fully saturated rings. The normalized spacial score (nSPS) is 11.9. The standard InChI is InChI=1S/C15H24O2/c1-3-4-5-6-7-8-9-10-11-12-13-14-17-15(2)16/h4-5,11-14H,3,6-10H2,1-2H3. The van der Waals surface area contributed by atoms with Crippen molar-refractivity contribution in [3.63, 3.8) is 0 Å². The second kappa shape index (κ2) is 12.8. The van der Waals surface area contributed by atoms with Gasteiger partial charge in [0.05, 0.1) is 6.26 Å². The molecule has 0 spiro atoms. The summed E-state index contributed by atoms with van der Waals surface area (Å²) in [6.07, 6.45) is 18.8. The van der Waals surface area contributed by atoms with Gasteiger partial charge < -0.3 is 4.74 Å². The third-order valence-electron chi connectivity index (χ3n) is 2.20. The molecule has 0 aliphatic heterocycles. The lowest BCUT2D eigenvalue weighted by atomic mass is 10.1. The Morgan fingerprint density at radius 2 is 1.71 bits per heavy atom. The van der Waals surface area contributed by atoms with Crippen LogP contribution in [0.1, 0.15) is 52.4 Å². The quantitative estimate of drug-likeness (QED) is 0.193. The molecule has 0 aliphatic rings. The molecule has 0 aromatic rings. The zero-order valence-electron chi connectivity index (χ0n) is 11.0. The summed E-state index contributed by atoms with van der Waals surface area (Å²) in [4.78, 5) is 10.4. The van der Waals surface area contributed by atoms with Gasteiger partial charge in [-0.25, -0.2) is 0 Å². The summed E-state index contributed by atoms with van der Waals surface area (Å²) < 4.78 is 4.65. The molecule has 0 radical (unpaired) electrons. The van der Waals surface area contributed by atoms with Crippen LogP contribution in [0.3, 0.4) is 0 Å². The van der Waals surface area contributed by atoms with Crippen molar-refractivity contribution in [3.8, 4) is 0 Å². The molecule has 0 amide bonds. The van der Waals surface area contributed by atoms with Crippen LogP contribution in [0.25, 0.3) is 0 Å². The number of unbranched alkanes of at least 4 members (excludes halogenated alkanes) is 4. The molecule has 0 saturated heterocycles. The molecule has 0 bridgehead atoms. The molecule has 0 atom stereocenters. The van der Waals surface area contributed by atoms with Crippen molar-refractivity contribution in [3.05, 3.63) is 36.6 Å². The van der Waals surface area contributed by atoms with E-state index in [1.165, 1.54) is 38.9 Å². The molecule has 0 rings (SSSR count). The summed E-state index contributed by atoms with van der Waals surface area (Å²) in [6.45, 7) is 3.55. The number of carbonyl (C=O) groups excluding carboxylic acids is 1. The van der Waals surface area contributed by atoms with E-state index < -0.39 is 0 Å². The average molecular weight is 236 g/mol. The largest absolute Gasteiger partial charge is 0.435 e. The Labute approximate surface area is 105 Å². The minimum Gasteiger partial charge on any atom is -0.435 e. The summed E-state index contributed by atoms with van der Waals surface area (Å²) in [5.41, 5.74) is 0. The van der Waals surface area contributed by atoms with Crippen molar-refractivity contribution < 1.29 is 9.53 Å². The SMILES string of the molecule is CCC=CCCCCCC=CC=COC(C)=O. The summed E-state index contributed by atoms with van der Waals surface area (Å²) in [5, 5.41) is 0.